The third kappa shape index (κ3) is 4.49. The molecule has 1 aromatic carbocycles. The molecule has 0 radical (unpaired) electrons. The quantitative estimate of drug-likeness (QED) is 0.584. The largest absolute Gasteiger partial charge is 0.295 e. The maximum absolute atomic E-state index is 13.8. The molecule has 146 valence electrons. The number of carbonyl (C=O) groups excluding carboxylic acids is 1. The van der Waals surface area contributed by atoms with Crippen molar-refractivity contribution < 1.29 is 17.6 Å². The molecule has 0 saturated carbocycles. The van der Waals surface area contributed by atoms with Gasteiger partial charge in [-0.05, 0) is 12.5 Å². The van der Waals surface area contributed by atoms with Crippen LogP contribution in [0.1, 0.15) is 28.0 Å². The Morgan fingerprint density at radius 3 is 2.71 bits per heavy atom. The Labute approximate surface area is 168 Å². The van der Waals surface area contributed by atoms with E-state index in [1.54, 1.807) is 0 Å². The monoisotopic (exact) mass is 441 g/mol. The number of nitrogens with one attached hydrogen (secondary N) is 1. The number of carbonyl (C=O) groups is 1. The number of halogens is 2. The number of aromatic nitrogens is 4. The summed E-state index contributed by atoms with van der Waals surface area (Å²) >= 11 is 7.13. The van der Waals surface area contributed by atoms with E-state index in [-0.39, 0.29) is 21.4 Å². The minimum absolute atomic E-state index is 0.0343. The van der Waals surface area contributed by atoms with Gasteiger partial charge in [-0.25, -0.2) is 22.8 Å². The number of aryl methyl sites for hydroxylation is 1. The minimum atomic E-state index is -4.11. The van der Waals surface area contributed by atoms with Gasteiger partial charge in [0.1, 0.15) is 10.8 Å². The second kappa shape index (κ2) is 8.25. The van der Waals surface area contributed by atoms with Crippen LogP contribution in [-0.2, 0) is 22.0 Å². The van der Waals surface area contributed by atoms with E-state index in [2.05, 4.69) is 25.5 Å². The highest BCUT2D eigenvalue weighted by Crippen LogP contribution is 2.21. The van der Waals surface area contributed by atoms with Gasteiger partial charge in [-0.2, -0.15) is 0 Å². The normalized spacial score (nSPS) is 11.4. The molecule has 0 aliphatic heterocycles. The van der Waals surface area contributed by atoms with Gasteiger partial charge in [0.2, 0.25) is 20.1 Å². The van der Waals surface area contributed by atoms with E-state index in [1.165, 1.54) is 29.5 Å². The molecule has 0 fully saturated rings. The zero-order valence-electron chi connectivity index (χ0n) is 14.4. The first-order chi connectivity index (χ1) is 13.3. The average molecular weight is 442 g/mol. The van der Waals surface area contributed by atoms with Crippen molar-refractivity contribution in [1.29, 1.82) is 0 Å². The molecular weight excluding hydrogens is 429 g/mol. The lowest BCUT2D eigenvalue weighted by Gasteiger charge is -2.07. The fourth-order valence-corrected chi connectivity index (χ4v) is 4.22. The lowest BCUT2D eigenvalue weighted by molar-refractivity contribution is 0.102. The number of hydrogen-bond acceptors (Lipinski definition) is 8. The second-order valence-electron chi connectivity index (χ2n) is 5.51. The van der Waals surface area contributed by atoms with Crippen LogP contribution >= 0.6 is 22.9 Å². The van der Waals surface area contributed by atoms with Crippen molar-refractivity contribution in [3.05, 3.63) is 57.6 Å². The number of sulfone groups is 1. The van der Waals surface area contributed by atoms with Gasteiger partial charge in [0.25, 0.3) is 5.91 Å². The number of benzene rings is 1. The Hall–Kier alpha value is -2.50. The average Bonchev–Trinajstić information content (AvgIpc) is 3.11. The predicted octanol–water partition coefficient (Wildman–Crippen LogP) is 2.91. The lowest BCUT2D eigenvalue weighted by Crippen LogP contribution is -2.18. The molecule has 0 bridgehead atoms. The zero-order valence-corrected chi connectivity index (χ0v) is 16.8. The van der Waals surface area contributed by atoms with E-state index >= 15 is 0 Å². The molecule has 2 aromatic heterocycles. The summed E-state index contributed by atoms with van der Waals surface area (Å²) in [4.78, 5) is 19.9. The summed E-state index contributed by atoms with van der Waals surface area (Å²) in [5, 5.41) is 10.3. The molecule has 28 heavy (non-hydrogen) atoms. The first-order valence-corrected chi connectivity index (χ1v) is 10.8. The van der Waals surface area contributed by atoms with Crippen molar-refractivity contribution in [1.82, 2.24) is 20.2 Å². The van der Waals surface area contributed by atoms with E-state index in [9.17, 15) is 17.6 Å². The number of amides is 1. The van der Waals surface area contributed by atoms with E-state index in [4.69, 9.17) is 11.6 Å². The molecule has 2 heterocycles. The van der Waals surface area contributed by atoms with Crippen molar-refractivity contribution in [3.63, 3.8) is 0 Å². The third-order valence-corrected chi connectivity index (χ3v) is 6.21. The standard InChI is InChI=1S/C16H13ClFN5O3S2/c1-2-12-22-23-15(27-12)21-14(24)13-10(17)7-19-16(20-13)28(25,26)8-9-5-3-4-6-11(9)18/h3-7H,2,8H2,1H3,(H,21,23,24). The molecule has 8 nitrogen and oxygen atoms in total. The summed E-state index contributed by atoms with van der Waals surface area (Å²) in [5.41, 5.74) is -0.370. The zero-order chi connectivity index (χ0) is 20.3. The van der Waals surface area contributed by atoms with Crippen molar-refractivity contribution in [2.75, 3.05) is 5.32 Å². The molecule has 3 rings (SSSR count). The Morgan fingerprint density at radius 2 is 2.04 bits per heavy atom. The smallest absolute Gasteiger partial charge is 0.277 e. The summed E-state index contributed by atoms with van der Waals surface area (Å²) < 4.78 is 38.9. The summed E-state index contributed by atoms with van der Waals surface area (Å²) in [6.45, 7) is 1.89. The van der Waals surface area contributed by atoms with Crippen molar-refractivity contribution in [3.8, 4) is 0 Å². The fraction of sp³-hybridized carbons (Fsp3) is 0.188. The van der Waals surface area contributed by atoms with Crippen molar-refractivity contribution in [2.45, 2.75) is 24.3 Å². The van der Waals surface area contributed by atoms with Crippen LogP contribution < -0.4 is 5.32 Å². The number of hydrogen-bond donors (Lipinski definition) is 1. The molecule has 0 aliphatic rings. The van der Waals surface area contributed by atoms with Gasteiger partial charge in [0, 0.05) is 5.56 Å². The topological polar surface area (TPSA) is 115 Å². The molecule has 0 saturated heterocycles. The first-order valence-electron chi connectivity index (χ1n) is 7.92. The lowest BCUT2D eigenvalue weighted by atomic mass is 10.2. The summed E-state index contributed by atoms with van der Waals surface area (Å²) in [5.74, 6) is -2.08. The van der Waals surface area contributed by atoms with E-state index < -0.39 is 32.5 Å². The molecule has 0 unspecified atom stereocenters. The Kier molecular flexibility index (Phi) is 5.96. The fourth-order valence-electron chi connectivity index (χ4n) is 2.15. The highest BCUT2D eigenvalue weighted by Gasteiger charge is 2.24. The van der Waals surface area contributed by atoms with Gasteiger partial charge in [0.05, 0.1) is 17.0 Å². The molecule has 12 heteroatoms. The molecular formula is C16H13ClFN5O3S2. The van der Waals surface area contributed by atoms with Gasteiger partial charge < -0.3 is 0 Å². The Balaban J connectivity index is 1.87. The molecule has 3 aromatic rings. The van der Waals surface area contributed by atoms with E-state index in [1.807, 2.05) is 6.92 Å². The predicted molar refractivity (Wildman–Crippen MR) is 102 cm³/mol. The van der Waals surface area contributed by atoms with Gasteiger partial charge >= 0.3 is 0 Å². The highest BCUT2D eigenvalue weighted by atomic mass is 35.5. The number of nitrogens with zero attached hydrogens (tertiary/aromatic N) is 4. The van der Waals surface area contributed by atoms with Crippen molar-refractivity contribution >= 4 is 43.8 Å². The van der Waals surface area contributed by atoms with Crippen LogP contribution in [0.15, 0.2) is 35.6 Å². The van der Waals surface area contributed by atoms with Crippen LogP contribution in [0.25, 0.3) is 0 Å². The SMILES string of the molecule is CCc1nnc(NC(=O)c2nc(S(=O)(=O)Cc3ccccc3F)ncc2Cl)s1. The van der Waals surface area contributed by atoms with Gasteiger partial charge in [-0.3, -0.25) is 10.1 Å². The molecule has 0 spiro atoms. The van der Waals surface area contributed by atoms with Crippen LogP contribution in [0.4, 0.5) is 9.52 Å². The van der Waals surface area contributed by atoms with Gasteiger partial charge in [-0.1, -0.05) is 48.1 Å². The summed E-state index contributed by atoms with van der Waals surface area (Å²) in [6, 6.07) is 5.46. The minimum Gasteiger partial charge on any atom is -0.295 e. The van der Waals surface area contributed by atoms with Gasteiger partial charge in [0.15, 0.2) is 5.69 Å². The van der Waals surface area contributed by atoms with Crippen LogP contribution in [0.3, 0.4) is 0 Å². The maximum atomic E-state index is 13.8. The van der Waals surface area contributed by atoms with Crippen LogP contribution in [0.2, 0.25) is 5.02 Å². The van der Waals surface area contributed by atoms with Crippen molar-refractivity contribution in [2.24, 2.45) is 0 Å². The van der Waals surface area contributed by atoms with Crippen LogP contribution in [0.5, 0.6) is 0 Å². The van der Waals surface area contributed by atoms with E-state index in [0.717, 1.165) is 17.3 Å². The number of rotatable bonds is 6. The Bertz CT molecular complexity index is 1140. The van der Waals surface area contributed by atoms with Crippen LogP contribution in [0, 0.1) is 5.82 Å². The van der Waals surface area contributed by atoms with Gasteiger partial charge in [-0.15, -0.1) is 10.2 Å². The van der Waals surface area contributed by atoms with E-state index in [0.29, 0.717) is 6.42 Å². The molecule has 0 aliphatic carbocycles. The molecule has 1 amide bonds. The summed E-state index contributed by atoms with van der Waals surface area (Å²) in [6.07, 6.45) is 1.66. The second-order valence-corrected chi connectivity index (χ2v) is 8.86. The number of anilines is 1. The third-order valence-electron chi connectivity index (χ3n) is 3.51. The molecule has 0 atom stereocenters. The maximum Gasteiger partial charge on any atom is 0.277 e. The molecule has 1 N–H and O–H groups in total. The first kappa shape index (κ1) is 20.2. The summed E-state index contributed by atoms with van der Waals surface area (Å²) in [7, 11) is -4.11. The Morgan fingerprint density at radius 1 is 1.29 bits per heavy atom. The highest BCUT2D eigenvalue weighted by molar-refractivity contribution is 7.90. The van der Waals surface area contributed by atoms with Crippen LogP contribution in [-0.4, -0.2) is 34.5 Å².